The van der Waals surface area contributed by atoms with Gasteiger partial charge in [-0.25, -0.2) is 14.1 Å². The molecule has 0 aliphatic rings. The fourth-order valence-electron chi connectivity index (χ4n) is 1.96. The molecule has 1 unspecified atom stereocenters. The first-order chi connectivity index (χ1) is 9.00. The Morgan fingerprint density at radius 1 is 1.42 bits per heavy atom. The number of hydrogen-bond acceptors (Lipinski definition) is 3. The minimum atomic E-state index is -0.961. The smallest absolute Gasteiger partial charge is 0.138 e. The van der Waals surface area contributed by atoms with Crippen LogP contribution < -0.4 is 0 Å². The second kappa shape index (κ2) is 5.79. The van der Waals surface area contributed by atoms with Crippen LogP contribution in [-0.4, -0.2) is 19.9 Å². The molecule has 2 rings (SSSR count). The summed E-state index contributed by atoms with van der Waals surface area (Å²) in [5.74, 6) is 0.204. The summed E-state index contributed by atoms with van der Waals surface area (Å²) in [7, 11) is 0. The van der Waals surface area contributed by atoms with Crippen LogP contribution in [0.2, 0.25) is 0 Å². The van der Waals surface area contributed by atoms with Crippen molar-refractivity contribution in [2.75, 3.05) is 0 Å². The fourth-order valence-corrected chi connectivity index (χ4v) is 2.56. The van der Waals surface area contributed by atoms with Gasteiger partial charge in [-0.1, -0.05) is 22.0 Å². The van der Waals surface area contributed by atoms with E-state index in [9.17, 15) is 9.50 Å². The molecular formula is C13H15BrFN3O. The third-order valence-corrected chi connectivity index (χ3v) is 3.54. The van der Waals surface area contributed by atoms with Crippen molar-refractivity contribution in [1.82, 2.24) is 14.8 Å². The molecule has 0 bridgehead atoms. The summed E-state index contributed by atoms with van der Waals surface area (Å²) in [6.07, 6.45) is 0.702. The molecule has 0 aliphatic carbocycles. The number of aromatic nitrogens is 3. The molecule has 0 amide bonds. The van der Waals surface area contributed by atoms with Crippen LogP contribution in [0.25, 0.3) is 0 Å². The van der Waals surface area contributed by atoms with Gasteiger partial charge in [0.05, 0.1) is 6.10 Å². The average molecular weight is 328 g/mol. The molecule has 4 nitrogen and oxygen atoms in total. The summed E-state index contributed by atoms with van der Waals surface area (Å²) in [6, 6.07) is 4.77. The highest BCUT2D eigenvalue weighted by molar-refractivity contribution is 9.10. The summed E-state index contributed by atoms with van der Waals surface area (Å²) >= 11 is 3.26. The summed E-state index contributed by atoms with van der Waals surface area (Å²) in [5, 5.41) is 14.3. The predicted octanol–water partition coefficient (Wildman–Crippen LogP) is 3.04. The number of rotatable bonds is 4. The number of halogens is 2. The van der Waals surface area contributed by atoms with Crippen LogP contribution in [0, 0.1) is 5.82 Å². The van der Waals surface area contributed by atoms with Crippen LogP contribution in [-0.2, 0) is 6.42 Å². The fraction of sp³-hybridized carbons (Fsp3) is 0.385. The minimum absolute atomic E-state index is 0.147. The second-order valence-electron chi connectivity index (χ2n) is 4.57. The lowest BCUT2D eigenvalue weighted by molar-refractivity contribution is 0.168. The van der Waals surface area contributed by atoms with E-state index < -0.39 is 11.9 Å². The maximum absolute atomic E-state index is 13.8. The zero-order valence-corrected chi connectivity index (χ0v) is 12.3. The van der Waals surface area contributed by atoms with Gasteiger partial charge in [0.15, 0.2) is 0 Å². The molecule has 0 spiro atoms. The summed E-state index contributed by atoms with van der Waals surface area (Å²) in [6.45, 7) is 3.95. The van der Waals surface area contributed by atoms with E-state index in [0.717, 1.165) is 0 Å². The van der Waals surface area contributed by atoms with E-state index in [1.165, 1.54) is 12.4 Å². The maximum atomic E-state index is 13.8. The average Bonchev–Trinajstić information content (AvgIpc) is 2.76. The van der Waals surface area contributed by atoms with Gasteiger partial charge in [-0.3, -0.25) is 0 Å². The number of aliphatic hydroxyl groups excluding tert-OH is 1. The largest absolute Gasteiger partial charge is 0.388 e. The summed E-state index contributed by atoms with van der Waals surface area (Å²) in [4.78, 5) is 4.12. The molecule has 1 aromatic carbocycles. The van der Waals surface area contributed by atoms with Crippen LogP contribution >= 0.6 is 15.9 Å². The van der Waals surface area contributed by atoms with Crippen LogP contribution in [0.1, 0.15) is 37.4 Å². The molecule has 0 saturated carbocycles. The van der Waals surface area contributed by atoms with E-state index >= 15 is 0 Å². The lowest BCUT2D eigenvalue weighted by atomic mass is 10.1. The lowest BCUT2D eigenvalue weighted by Crippen LogP contribution is -2.13. The highest BCUT2D eigenvalue weighted by Crippen LogP contribution is 2.28. The second-order valence-corrected chi connectivity index (χ2v) is 5.42. The normalized spacial score (nSPS) is 12.9. The molecule has 1 aromatic heterocycles. The van der Waals surface area contributed by atoms with Crippen molar-refractivity contribution in [3.63, 3.8) is 0 Å². The van der Waals surface area contributed by atoms with Gasteiger partial charge >= 0.3 is 0 Å². The number of aliphatic hydroxyl groups is 1. The Morgan fingerprint density at radius 2 is 2.16 bits per heavy atom. The van der Waals surface area contributed by atoms with Crippen LogP contribution in [0.5, 0.6) is 0 Å². The van der Waals surface area contributed by atoms with Gasteiger partial charge in [0.25, 0.3) is 0 Å². The highest BCUT2D eigenvalue weighted by Gasteiger charge is 2.19. The van der Waals surface area contributed by atoms with Crippen LogP contribution in [0.15, 0.2) is 29.0 Å². The molecule has 0 aliphatic heterocycles. The van der Waals surface area contributed by atoms with Crippen molar-refractivity contribution in [3.8, 4) is 0 Å². The van der Waals surface area contributed by atoms with Gasteiger partial charge < -0.3 is 5.11 Å². The molecular weight excluding hydrogens is 313 g/mol. The van der Waals surface area contributed by atoms with Gasteiger partial charge in [-0.2, -0.15) is 5.10 Å². The first-order valence-electron chi connectivity index (χ1n) is 6.01. The van der Waals surface area contributed by atoms with E-state index in [0.29, 0.717) is 10.3 Å². The van der Waals surface area contributed by atoms with Gasteiger partial charge in [-0.05, 0) is 26.0 Å². The van der Waals surface area contributed by atoms with E-state index in [4.69, 9.17) is 0 Å². The SMILES string of the molecule is CC(C)n1ncnc1CC(O)c1c(F)cccc1Br. The Balaban J connectivity index is 2.26. The zero-order chi connectivity index (χ0) is 14.0. The topological polar surface area (TPSA) is 50.9 Å². The van der Waals surface area contributed by atoms with Gasteiger partial charge in [0.2, 0.25) is 0 Å². The van der Waals surface area contributed by atoms with Crippen molar-refractivity contribution in [1.29, 1.82) is 0 Å². The minimum Gasteiger partial charge on any atom is -0.388 e. The van der Waals surface area contributed by atoms with Crippen molar-refractivity contribution in [2.45, 2.75) is 32.4 Å². The molecule has 0 saturated heterocycles. The number of benzene rings is 1. The molecule has 1 heterocycles. The summed E-state index contributed by atoms with van der Waals surface area (Å²) < 4.78 is 16.0. The third kappa shape index (κ3) is 3.01. The van der Waals surface area contributed by atoms with Gasteiger partial charge in [-0.15, -0.1) is 0 Å². The molecule has 1 atom stereocenters. The Kier molecular flexibility index (Phi) is 4.31. The van der Waals surface area contributed by atoms with E-state index in [-0.39, 0.29) is 18.0 Å². The van der Waals surface area contributed by atoms with Crippen molar-refractivity contribution in [2.24, 2.45) is 0 Å². The predicted molar refractivity (Wildman–Crippen MR) is 73.2 cm³/mol. The first kappa shape index (κ1) is 14.1. The molecule has 6 heteroatoms. The van der Waals surface area contributed by atoms with E-state index in [1.807, 2.05) is 13.8 Å². The Hall–Kier alpha value is -1.27. The Morgan fingerprint density at radius 3 is 2.79 bits per heavy atom. The summed E-state index contributed by atoms with van der Waals surface area (Å²) in [5.41, 5.74) is 0.251. The monoisotopic (exact) mass is 327 g/mol. The van der Waals surface area contributed by atoms with Gasteiger partial charge in [0.1, 0.15) is 18.0 Å². The standard InChI is InChI=1S/C13H15BrFN3O/c1-8(2)18-12(16-7-17-18)6-11(19)13-9(14)4-3-5-10(13)15/h3-5,7-8,11,19H,6H2,1-2H3. The molecule has 2 aromatic rings. The number of hydrogen-bond donors (Lipinski definition) is 1. The highest BCUT2D eigenvalue weighted by atomic mass is 79.9. The quantitative estimate of drug-likeness (QED) is 0.939. The first-order valence-corrected chi connectivity index (χ1v) is 6.80. The van der Waals surface area contributed by atoms with Gasteiger partial charge in [0, 0.05) is 22.5 Å². The Labute approximate surface area is 119 Å². The molecule has 0 radical (unpaired) electrons. The molecule has 1 N–H and O–H groups in total. The maximum Gasteiger partial charge on any atom is 0.138 e. The molecule has 102 valence electrons. The van der Waals surface area contributed by atoms with Crippen molar-refractivity contribution >= 4 is 15.9 Å². The zero-order valence-electron chi connectivity index (χ0n) is 10.7. The van der Waals surface area contributed by atoms with E-state index in [1.54, 1.807) is 16.8 Å². The third-order valence-electron chi connectivity index (χ3n) is 2.85. The Bertz CT molecular complexity index is 551. The van der Waals surface area contributed by atoms with Crippen LogP contribution in [0.4, 0.5) is 4.39 Å². The van der Waals surface area contributed by atoms with E-state index in [2.05, 4.69) is 26.0 Å². The van der Waals surface area contributed by atoms with Crippen molar-refractivity contribution in [3.05, 3.63) is 46.2 Å². The molecule has 19 heavy (non-hydrogen) atoms. The van der Waals surface area contributed by atoms with Crippen molar-refractivity contribution < 1.29 is 9.50 Å². The number of nitrogens with zero attached hydrogens (tertiary/aromatic N) is 3. The molecule has 0 fully saturated rings. The lowest BCUT2D eigenvalue weighted by Gasteiger charge is -2.15. The van der Waals surface area contributed by atoms with Crippen LogP contribution in [0.3, 0.4) is 0 Å².